The van der Waals surface area contributed by atoms with Gasteiger partial charge in [0.1, 0.15) is 5.51 Å². The fourth-order valence-corrected chi connectivity index (χ4v) is 2.50. The Labute approximate surface area is 125 Å². The van der Waals surface area contributed by atoms with Gasteiger partial charge in [-0.15, -0.1) is 10.2 Å². The molecule has 3 rings (SSSR count). The highest BCUT2D eigenvalue weighted by Crippen LogP contribution is 2.32. The molecule has 0 aliphatic carbocycles. The fourth-order valence-electron chi connectivity index (χ4n) is 2.04. The molecule has 21 heavy (non-hydrogen) atoms. The molecule has 0 unspecified atom stereocenters. The molecule has 0 saturated heterocycles. The number of anilines is 1. The van der Waals surface area contributed by atoms with E-state index < -0.39 is 0 Å². The summed E-state index contributed by atoms with van der Waals surface area (Å²) in [6, 6.07) is 5.78. The first-order valence-corrected chi connectivity index (χ1v) is 7.22. The number of benzene rings is 1. The van der Waals surface area contributed by atoms with Crippen LogP contribution in [0.5, 0.6) is 11.5 Å². The van der Waals surface area contributed by atoms with Crippen molar-refractivity contribution in [2.45, 2.75) is 6.54 Å². The van der Waals surface area contributed by atoms with Crippen LogP contribution in [0.3, 0.4) is 0 Å². The van der Waals surface area contributed by atoms with Gasteiger partial charge < -0.3 is 9.47 Å². The van der Waals surface area contributed by atoms with Crippen LogP contribution in [0, 0.1) is 0 Å². The molecular weight excluding hydrogens is 292 g/mol. The van der Waals surface area contributed by atoms with Gasteiger partial charge in [-0.25, -0.2) is 0 Å². The fraction of sp³-hybridized carbons (Fsp3) is 0.308. The Bertz CT molecular complexity index is 632. The summed E-state index contributed by atoms with van der Waals surface area (Å²) in [4.78, 5) is 13.8. The third-order valence-electron chi connectivity index (χ3n) is 2.91. The first-order valence-electron chi connectivity index (χ1n) is 6.34. The van der Waals surface area contributed by atoms with Crippen LogP contribution in [-0.4, -0.2) is 41.4 Å². The number of carbonyl (C=O) groups is 1. The lowest BCUT2D eigenvalue weighted by Crippen LogP contribution is -2.29. The van der Waals surface area contributed by atoms with Gasteiger partial charge in [0.15, 0.2) is 11.5 Å². The highest BCUT2D eigenvalue weighted by molar-refractivity contribution is 7.13. The SMILES string of the molecule is CN(CC(=O)Nc1nncs1)Cc1ccc2c(c1)OCO2. The minimum Gasteiger partial charge on any atom is -0.454 e. The Kier molecular flexibility index (Phi) is 3.98. The average Bonchev–Trinajstić information content (AvgIpc) is 3.08. The van der Waals surface area contributed by atoms with Crippen LogP contribution in [-0.2, 0) is 11.3 Å². The van der Waals surface area contributed by atoms with Crippen molar-refractivity contribution in [2.75, 3.05) is 25.7 Å². The maximum atomic E-state index is 11.8. The maximum absolute atomic E-state index is 11.8. The zero-order chi connectivity index (χ0) is 14.7. The van der Waals surface area contributed by atoms with Crippen LogP contribution in [0.1, 0.15) is 5.56 Å². The van der Waals surface area contributed by atoms with Gasteiger partial charge in [0.2, 0.25) is 17.8 Å². The number of nitrogens with zero attached hydrogens (tertiary/aromatic N) is 3. The Morgan fingerprint density at radius 2 is 2.29 bits per heavy atom. The number of nitrogens with one attached hydrogen (secondary N) is 1. The van der Waals surface area contributed by atoms with Gasteiger partial charge in [0, 0.05) is 6.54 Å². The molecule has 8 heteroatoms. The van der Waals surface area contributed by atoms with Crippen molar-refractivity contribution in [2.24, 2.45) is 0 Å². The van der Waals surface area contributed by atoms with Crippen LogP contribution in [0.4, 0.5) is 5.13 Å². The minimum absolute atomic E-state index is 0.116. The summed E-state index contributed by atoms with van der Waals surface area (Å²) in [5, 5.41) is 10.7. The number of carbonyl (C=O) groups excluding carboxylic acids is 1. The van der Waals surface area contributed by atoms with Crippen molar-refractivity contribution < 1.29 is 14.3 Å². The molecule has 0 saturated carbocycles. The minimum atomic E-state index is -0.116. The molecular formula is C13H14N4O3S. The normalized spacial score (nSPS) is 12.7. The van der Waals surface area contributed by atoms with Gasteiger partial charge in [-0.2, -0.15) is 0 Å². The first kappa shape index (κ1) is 13.8. The average molecular weight is 306 g/mol. The predicted octanol–water partition coefficient (Wildman–Crippen LogP) is 1.34. The summed E-state index contributed by atoms with van der Waals surface area (Å²) in [6.45, 7) is 1.17. The zero-order valence-corrected chi connectivity index (χ0v) is 12.2. The molecule has 2 heterocycles. The van der Waals surface area contributed by atoms with E-state index in [2.05, 4.69) is 15.5 Å². The molecule has 0 fully saturated rings. The van der Waals surface area contributed by atoms with Gasteiger partial charge >= 0.3 is 0 Å². The van der Waals surface area contributed by atoms with E-state index in [-0.39, 0.29) is 19.2 Å². The zero-order valence-electron chi connectivity index (χ0n) is 11.4. The van der Waals surface area contributed by atoms with Crippen molar-refractivity contribution in [1.82, 2.24) is 15.1 Å². The summed E-state index contributed by atoms with van der Waals surface area (Å²) >= 11 is 1.29. The van der Waals surface area contributed by atoms with E-state index >= 15 is 0 Å². The second kappa shape index (κ2) is 6.06. The number of hydrogen-bond acceptors (Lipinski definition) is 7. The summed E-state index contributed by atoms with van der Waals surface area (Å²) in [6.07, 6.45) is 0. The Hall–Kier alpha value is -2.19. The monoisotopic (exact) mass is 306 g/mol. The third-order valence-corrected chi connectivity index (χ3v) is 3.52. The lowest BCUT2D eigenvalue weighted by atomic mass is 10.2. The van der Waals surface area contributed by atoms with E-state index in [0.717, 1.165) is 17.1 Å². The van der Waals surface area contributed by atoms with Crippen LogP contribution in [0.2, 0.25) is 0 Å². The molecule has 1 aromatic heterocycles. The summed E-state index contributed by atoms with van der Waals surface area (Å²) in [7, 11) is 1.88. The lowest BCUT2D eigenvalue weighted by molar-refractivity contribution is -0.117. The van der Waals surface area contributed by atoms with Crippen molar-refractivity contribution >= 4 is 22.4 Å². The van der Waals surface area contributed by atoms with Gasteiger partial charge in [-0.05, 0) is 24.7 Å². The standard InChI is InChI=1S/C13H14N4O3S/c1-17(6-12(18)15-13-16-14-7-21-13)5-9-2-3-10-11(4-9)20-8-19-10/h2-4,7H,5-6,8H2,1H3,(H,15,16,18). The van der Waals surface area contributed by atoms with E-state index in [1.54, 1.807) is 5.51 Å². The number of likely N-dealkylation sites (N-methyl/N-ethyl adjacent to an activating group) is 1. The van der Waals surface area contributed by atoms with Gasteiger partial charge in [0.25, 0.3) is 0 Å². The largest absolute Gasteiger partial charge is 0.454 e. The second-order valence-corrected chi connectivity index (χ2v) is 5.49. The number of rotatable bonds is 5. The number of fused-ring (bicyclic) bond motifs is 1. The molecule has 1 aliphatic rings. The molecule has 1 amide bonds. The molecule has 2 aromatic rings. The van der Waals surface area contributed by atoms with Crippen LogP contribution in [0.25, 0.3) is 0 Å². The predicted molar refractivity (Wildman–Crippen MR) is 77.4 cm³/mol. The highest BCUT2D eigenvalue weighted by Gasteiger charge is 2.14. The van der Waals surface area contributed by atoms with Crippen LogP contribution in [0.15, 0.2) is 23.7 Å². The molecule has 0 radical (unpaired) electrons. The van der Waals surface area contributed by atoms with Crippen LogP contribution < -0.4 is 14.8 Å². The van der Waals surface area contributed by atoms with E-state index in [0.29, 0.717) is 11.7 Å². The lowest BCUT2D eigenvalue weighted by Gasteiger charge is -2.15. The summed E-state index contributed by atoms with van der Waals surface area (Å²) in [5.74, 6) is 1.39. The topological polar surface area (TPSA) is 76.6 Å². The van der Waals surface area contributed by atoms with E-state index in [1.165, 1.54) is 11.3 Å². The van der Waals surface area contributed by atoms with Crippen molar-refractivity contribution in [3.05, 3.63) is 29.3 Å². The van der Waals surface area contributed by atoms with Crippen molar-refractivity contribution in [3.63, 3.8) is 0 Å². The third kappa shape index (κ3) is 3.47. The summed E-state index contributed by atoms with van der Waals surface area (Å²) < 4.78 is 10.6. The molecule has 0 spiro atoms. The Morgan fingerprint density at radius 1 is 1.43 bits per heavy atom. The number of aromatic nitrogens is 2. The first-order chi connectivity index (χ1) is 10.2. The molecule has 0 atom stereocenters. The molecule has 1 N–H and O–H groups in total. The quantitative estimate of drug-likeness (QED) is 0.898. The number of ether oxygens (including phenoxy) is 2. The Balaban J connectivity index is 1.54. The molecule has 1 aliphatic heterocycles. The van der Waals surface area contributed by atoms with Gasteiger partial charge in [0.05, 0.1) is 6.54 Å². The van der Waals surface area contributed by atoms with Gasteiger partial charge in [-0.1, -0.05) is 17.4 Å². The van der Waals surface area contributed by atoms with Crippen molar-refractivity contribution in [3.8, 4) is 11.5 Å². The smallest absolute Gasteiger partial charge is 0.240 e. The Morgan fingerprint density at radius 3 is 3.10 bits per heavy atom. The molecule has 1 aromatic carbocycles. The maximum Gasteiger partial charge on any atom is 0.240 e. The van der Waals surface area contributed by atoms with E-state index in [1.807, 2.05) is 30.1 Å². The second-order valence-electron chi connectivity index (χ2n) is 4.65. The van der Waals surface area contributed by atoms with Crippen molar-refractivity contribution in [1.29, 1.82) is 0 Å². The summed E-state index contributed by atoms with van der Waals surface area (Å²) in [5.41, 5.74) is 2.64. The van der Waals surface area contributed by atoms with Crippen LogP contribution >= 0.6 is 11.3 Å². The molecule has 7 nitrogen and oxygen atoms in total. The molecule has 0 bridgehead atoms. The van der Waals surface area contributed by atoms with E-state index in [9.17, 15) is 4.79 Å². The van der Waals surface area contributed by atoms with Gasteiger partial charge in [-0.3, -0.25) is 15.0 Å². The number of amides is 1. The molecule has 110 valence electrons. The van der Waals surface area contributed by atoms with E-state index in [4.69, 9.17) is 9.47 Å². The highest BCUT2D eigenvalue weighted by atomic mass is 32.1. The number of hydrogen-bond donors (Lipinski definition) is 1.